The molecule has 0 atom stereocenters. The predicted molar refractivity (Wildman–Crippen MR) is 68.2 cm³/mol. The molecule has 2 rings (SSSR count). The van der Waals surface area contributed by atoms with E-state index in [0.29, 0.717) is 0 Å². The zero-order chi connectivity index (χ0) is 14.0. The van der Waals surface area contributed by atoms with E-state index in [1.165, 1.54) is 17.0 Å². The van der Waals surface area contributed by atoms with Gasteiger partial charge in [-0.1, -0.05) is 23.9 Å². The maximum absolute atomic E-state index is 14.0. The van der Waals surface area contributed by atoms with Crippen LogP contribution < -0.4 is 4.90 Å². The molecular weight excluding hydrogens is 268 g/mol. The molecule has 1 aromatic carbocycles. The van der Waals surface area contributed by atoms with E-state index in [0.717, 1.165) is 22.3 Å². The van der Waals surface area contributed by atoms with E-state index < -0.39 is 17.2 Å². The molecule has 19 heavy (non-hydrogen) atoms. The first-order valence-electron chi connectivity index (χ1n) is 5.21. The Kier molecular flexibility index (Phi) is 3.55. The van der Waals surface area contributed by atoms with Crippen LogP contribution in [0.4, 0.5) is 14.5 Å². The fourth-order valence-electron chi connectivity index (χ4n) is 1.62. The van der Waals surface area contributed by atoms with Crippen molar-refractivity contribution in [2.75, 3.05) is 11.9 Å². The fraction of sp³-hybridized carbons (Fsp3) is 0.0769. The van der Waals surface area contributed by atoms with Gasteiger partial charge in [-0.05, 0) is 12.1 Å². The Morgan fingerprint density at radius 2 is 1.84 bits per heavy atom. The number of hydrogen-bond acceptors (Lipinski definition) is 4. The van der Waals surface area contributed by atoms with E-state index in [1.54, 1.807) is 31.3 Å². The molecule has 0 N–H and O–H groups in total. The average molecular weight is 275 g/mol. The van der Waals surface area contributed by atoms with Crippen molar-refractivity contribution in [1.82, 2.24) is 0 Å². The van der Waals surface area contributed by atoms with Gasteiger partial charge in [0, 0.05) is 11.9 Å². The van der Waals surface area contributed by atoms with Crippen molar-refractivity contribution in [2.45, 2.75) is 4.90 Å². The van der Waals surface area contributed by atoms with Crippen LogP contribution in [-0.4, -0.2) is 7.05 Å². The van der Waals surface area contributed by atoms with E-state index in [9.17, 15) is 8.78 Å². The van der Waals surface area contributed by atoms with Gasteiger partial charge in [0.15, 0.2) is 17.2 Å². The van der Waals surface area contributed by atoms with Crippen LogP contribution in [0, 0.1) is 22.7 Å². The maximum atomic E-state index is 14.0. The number of allylic oxidation sites excluding steroid dienone is 3. The number of halogens is 2. The summed E-state index contributed by atoms with van der Waals surface area (Å²) in [6.45, 7) is 0. The first-order valence-corrected chi connectivity index (χ1v) is 6.02. The molecule has 6 heteroatoms. The van der Waals surface area contributed by atoms with Gasteiger partial charge in [-0.25, -0.2) is 8.78 Å². The number of thioether (sulfide) groups is 1. The molecule has 0 bridgehead atoms. The molecule has 0 unspecified atom stereocenters. The molecule has 3 nitrogen and oxygen atoms in total. The summed E-state index contributed by atoms with van der Waals surface area (Å²) in [7, 11) is 1.60. The third-order valence-electron chi connectivity index (χ3n) is 2.56. The molecule has 1 aliphatic rings. The third-order valence-corrected chi connectivity index (χ3v) is 3.77. The van der Waals surface area contributed by atoms with E-state index in [4.69, 9.17) is 10.5 Å². The second-order valence-corrected chi connectivity index (χ2v) is 4.69. The summed E-state index contributed by atoms with van der Waals surface area (Å²) in [5.41, 5.74) is -0.115. The van der Waals surface area contributed by atoms with Crippen LogP contribution in [0.1, 0.15) is 0 Å². The topological polar surface area (TPSA) is 50.8 Å². The standard InChI is InChI=1S/C13H7F2N3S/c1-18-9-4-2-3-5-10(9)19-13(18)12(15)11(14)8(6-16)7-17/h2-5H,1H3/b13-12-. The monoisotopic (exact) mass is 275 g/mol. The largest absolute Gasteiger partial charge is 0.336 e. The SMILES string of the molecule is CN1/C(=C(/F)C(F)=C(C#N)C#N)Sc2ccccc21. The van der Waals surface area contributed by atoms with Crippen molar-refractivity contribution >= 4 is 17.4 Å². The lowest BCUT2D eigenvalue weighted by Gasteiger charge is -2.13. The first kappa shape index (κ1) is 13.1. The van der Waals surface area contributed by atoms with Crippen molar-refractivity contribution in [3.05, 3.63) is 46.5 Å². The van der Waals surface area contributed by atoms with Crippen molar-refractivity contribution in [3.8, 4) is 12.1 Å². The van der Waals surface area contributed by atoms with Gasteiger partial charge in [0.2, 0.25) is 0 Å². The van der Waals surface area contributed by atoms with Gasteiger partial charge < -0.3 is 4.90 Å². The minimum atomic E-state index is -1.42. The van der Waals surface area contributed by atoms with Crippen LogP contribution in [-0.2, 0) is 0 Å². The average Bonchev–Trinajstić information content (AvgIpc) is 2.77. The third kappa shape index (κ3) is 2.18. The van der Waals surface area contributed by atoms with Crippen molar-refractivity contribution < 1.29 is 8.78 Å². The van der Waals surface area contributed by atoms with Crippen molar-refractivity contribution in [2.24, 2.45) is 0 Å². The summed E-state index contributed by atoms with van der Waals surface area (Å²) >= 11 is 1.06. The van der Waals surface area contributed by atoms with Gasteiger partial charge in [0.1, 0.15) is 17.2 Å². The van der Waals surface area contributed by atoms with Gasteiger partial charge in [0.25, 0.3) is 0 Å². The molecule has 0 saturated carbocycles. The van der Waals surface area contributed by atoms with E-state index in [2.05, 4.69) is 0 Å². The zero-order valence-corrected chi connectivity index (χ0v) is 10.6. The van der Waals surface area contributed by atoms with Crippen LogP contribution in [0.5, 0.6) is 0 Å². The van der Waals surface area contributed by atoms with Crippen LogP contribution in [0.3, 0.4) is 0 Å². The number of hydrogen-bond donors (Lipinski definition) is 0. The van der Waals surface area contributed by atoms with Crippen molar-refractivity contribution in [3.63, 3.8) is 0 Å². The highest BCUT2D eigenvalue weighted by Gasteiger charge is 2.28. The number of nitrogens with zero attached hydrogens (tertiary/aromatic N) is 3. The van der Waals surface area contributed by atoms with E-state index >= 15 is 0 Å². The van der Waals surface area contributed by atoms with E-state index in [-0.39, 0.29) is 5.03 Å². The lowest BCUT2D eigenvalue weighted by atomic mass is 10.2. The second-order valence-electron chi connectivity index (χ2n) is 3.66. The maximum Gasteiger partial charge on any atom is 0.191 e. The Morgan fingerprint density at radius 1 is 1.21 bits per heavy atom. The van der Waals surface area contributed by atoms with Gasteiger partial charge >= 0.3 is 0 Å². The summed E-state index contributed by atoms with van der Waals surface area (Å²) in [5.74, 6) is -2.62. The molecule has 1 heterocycles. The van der Waals surface area contributed by atoms with Gasteiger partial charge in [-0.15, -0.1) is 0 Å². The van der Waals surface area contributed by atoms with Crippen LogP contribution in [0.2, 0.25) is 0 Å². The molecule has 0 amide bonds. The van der Waals surface area contributed by atoms with Crippen LogP contribution in [0.15, 0.2) is 51.4 Å². The number of benzene rings is 1. The molecule has 0 spiro atoms. The minimum Gasteiger partial charge on any atom is -0.336 e. The van der Waals surface area contributed by atoms with Gasteiger partial charge in [-0.2, -0.15) is 10.5 Å². The first-order chi connectivity index (χ1) is 9.10. The highest BCUT2D eigenvalue weighted by Crippen LogP contribution is 2.47. The summed E-state index contributed by atoms with van der Waals surface area (Å²) in [6.07, 6.45) is 0. The molecule has 0 radical (unpaired) electrons. The summed E-state index contributed by atoms with van der Waals surface area (Å²) < 4.78 is 27.7. The Morgan fingerprint density at radius 3 is 2.42 bits per heavy atom. The van der Waals surface area contributed by atoms with Gasteiger partial charge in [-0.3, -0.25) is 0 Å². The zero-order valence-electron chi connectivity index (χ0n) is 9.82. The molecule has 0 aromatic heterocycles. The molecule has 1 aliphatic heterocycles. The molecule has 94 valence electrons. The van der Waals surface area contributed by atoms with Crippen LogP contribution in [0.25, 0.3) is 0 Å². The number of rotatable bonds is 1. The minimum absolute atomic E-state index is 0.0294. The fourth-order valence-corrected chi connectivity index (χ4v) is 2.70. The lowest BCUT2D eigenvalue weighted by Crippen LogP contribution is -2.11. The Hall–Kier alpha value is -2.31. The van der Waals surface area contributed by atoms with Gasteiger partial charge in [0.05, 0.1) is 5.69 Å². The molecule has 0 aliphatic carbocycles. The highest BCUT2D eigenvalue weighted by molar-refractivity contribution is 8.03. The number of nitriles is 2. The Labute approximate surface area is 113 Å². The number of para-hydroxylation sites is 1. The Bertz CT molecular complexity index is 664. The molecule has 0 saturated heterocycles. The molecule has 1 aromatic rings. The smallest absolute Gasteiger partial charge is 0.191 e. The van der Waals surface area contributed by atoms with Crippen molar-refractivity contribution in [1.29, 1.82) is 10.5 Å². The number of fused-ring (bicyclic) bond motifs is 1. The summed E-state index contributed by atoms with van der Waals surface area (Å²) in [6, 6.07) is 9.81. The quantitative estimate of drug-likeness (QED) is 0.734. The molecular formula is C13H7F2N3S. The Balaban J connectivity index is 2.51. The predicted octanol–water partition coefficient (Wildman–Crippen LogP) is 3.64. The second kappa shape index (κ2) is 5.13. The summed E-state index contributed by atoms with van der Waals surface area (Å²) in [4.78, 5) is 2.28. The highest BCUT2D eigenvalue weighted by atomic mass is 32.2. The van der Waals surface area contributed by atoms with Crippen LogP contribution >= 0.6 is 11.8 Å². The lowest BCUT2D eigenvalue weighted by molar-refractivity contribution is 0.538. The molecule has 0 fully saturated rings. The normalized spacial score (nSPS) is 15.3. The van der Waals surface area contributed by atoms with E-state index in [1.807, 2.05) is 0 Å². The summed E-state index contributed by atoms with van der Waals surface area (Å²) in [5, 5.41) is 17.1. The number of anilines is 1.